The Labute approximate surface area is 112 Å². The summed E-state index contributed by atoms with van der Waals surface area (Å²) in [5.41, 5.74) is 0.606. The van der Waals surface area contributed by atoms with E-state index >= 15 is 0 Å². The SMILES string of the molecule is CC(=O)C1CCC2COc3ccccc3C(=O)N2C1. The standard InChI is InChI=1S/C15H17NO3/c1-10(17)11-6-7-12-9-19-14-5-3-2-4-13(14)15(18)16(12)8-11/h2-5,11-12H,6-9H2,1H3. The van der Waals surface area contributed by atoms with E-state index in [9.17, 15) is 9.59 Å². The van der Waals surface area contributed by atoms with Gasteiger partial charge in [0.15, 0.2) is 0 Å². The van der Waals surface area contributed by atoms with Crippen LogP contribution in [0.2, 0.25) is 0 Å². The fraction of sp³-hybridized carbons (Fsp3) is 0.467. The van der Waals surface area contributed by atoms with Crippen molar-refractivity contribution in [3.8, 4) is 5.75 Å². The lowest BCUT2D eigenvalue weighted by Crippen LogP contribution is -2.49. The van der Waals surface area contributed by atoms with E-state index in [1.165, 1.54) is 0 Å². The number of carbonyl (C=O) groups excluding carboxylic acids is 2. The van der Waals surface area contributed by atoms with Crippen LogP contribution in [0.3, 0.4) is 0 Å². The van der Waals surface area contributed by atoms with E-state index in [0.717, 1.165) is 12.8 Å². The molecule has 2 unspecified atom stereocenters. The van der Waals surface area contributed by atoms with Crippen LogP contribution >= 0.6 is 0 Å². The summed E-state index contributed by atoms with van der Waals surface area (Å²) in [6.07, 6.45) is 1.69. The highest BCUT2D eigenvalue weighted by atomic mass is 16.5. The highest BCUT2D eigenvalue weighted by Crippen LogP contribution is 2.30. The summed E-state index contributed by atoms with van der Waals surface area (Å²) in [6.45, 7) is 2.65. The zero-order chi connectivity index (χ0) is 13.4. The van der Waals surface area contributed by atoms with E-state index in [1.807, 2.05) is 23.1 Å². The Kier molecular flexibility index (Phi) is 3.01. The molecule has 4 heteroatoms. The quantitative estimate of drug-likeness (QED) is 0.773. The average molecular weight is 259 g/mol. The third kappa shape index (κ3) is 2.11. The van der Waals surface area contributed by atoms with Crippen molar-refractivity contribution in [3.05, 3.63) is 29.8 Å². The molecule has 0 spiro atoms. The zero-order valence-corrected chi connectivity index (χ0v) is 11.0. The Bertz CT molecular complexity index is 526. The molecule has 0 bridgehead atoms. The van der Waals surface area contributed by atoms with Crippen molar-refractivity contribution >= 4 is 11.7 Å². The Morgan fingerprint density at radius 1 is 1.32 bits per heavy atom. The predicted molar refractivity (Wildman–Crippen MR) is 70.2 cm³/mol. The molecule has 2 atom stereocenters. The van der Waals surface area contributed by atoms with Crippen LogP contribution in [0.25, 0.3) is 0 Å². The Hall–Kier alpha value is -1.84. The van der Waals surface area contributed by atoms with Gasteiger partial charge < -0.3 is 9.64 Å². The molecule has 0 aliphatic carbocycles. The monoisotopic (exact) mass is 259 g/mol. The maximum atomic E-state index is 12.6. The van der Waals surface area contributed by atoms with Crippen LogP contribution < -0.4 is 4.74 Å². The maximum Gasteiger partial charge on any atom is 0.258 e. The van der Waals surface area contributed by atoms with Crippen molar-refractivity contribution in [1.82, 2.24) is 4.90 Å². The van der Waals surface area contributed by atoms with E-state index in [0.29, 0.717) is 24.5 Å². The van der Waals surface area contributed by atoms with E-state index in [-0.39, 0.29) is 23.7 Å². The molecule has 0 radical (unpaired) electrons. The lowest BCUT2D eigenvalue weighted by Gasteiger charge is -2.37. The summed E-state index contributed by atoms with van der Waals surface area (Å²) < 4.78 is 5.74. The van der Waals surface area contributed by atoms with Gasteiger partial charge in [0.25, 0.3) is 5.91 Å². The molecule has 1 saturated heterocycles. The molecule has 2 aliphatic rings. The molecular weight excluding hydrogens is 242 g/mol. The maximum absolute atomic E-state index is 12.6. The molecule has 3 rings (SSSR count). The third-order valence-corrected chi connectivity index (χ3v) is 4.09. The summed E-state index contributed by atoms with van der Waals surface area (Å²) in [5, 5.41) is 0. The van der Waals surface area contributed by atoms with Crippen molar-refractivity contribution in [2.24, 2.45) is 5.92 Å². The fourth-order valence-corrected chi connectivity index (χ4v) is 2.89. The van der Waals surface area contributed by atoms with Crippen LogP contribution in [0.5, 0.6) is 5.75 Å². The van der Waals surface area contributed by atoms with Gasteiger partial charge in [-0.2, -0.15) is 0 Å². The largest absolute Gasteiger partial charge is 0.491 e. The van der Waals surface area contributed by atoms with Crippen LogP contribution in [-0.2, 0) is 4.79 Å². The Morgan fingerprint density at radius 2 is 2.11 bits per heavy atom. The summed E-state index contributed by atoms with van der Waals surface area (Å²) in [4.78, 5) is 25.9. The number of benzene rings is 1. The van der Waals surface area contributed by atoms with Gasteiger partial charge in [-0.25, -0.2) is 0 Å². The molecule has 0 aromatic heterocycles. The minimum absolute atomic E-state index is 0.0101. The van der Waals surface area contributed by atoms with Gasteiger partial charge in [-0.15, -0.1) is 0 Å². The number of ketones is 1. The second-order valence-electron chi connectivity index (χ2n) is 5.30. The minimum Gasteiger partial charge on any atom is -0.491 e. The molecular formula is C15H17NO3. The van der Waals surface area contributed by atoms with Gasteiger partial charge >= 0.3 is 0 Å². The molecule has 1 aromatic rings. The minimum atomic E-state index is -0.0227. The second kappa shape index (κ2) is 4.68. The number of rotatable bonds is 1. The number of hydrogen-bond acceptors (Lipinski definition) is 3. The van der Waals surface area contributed by atoms with Gasteiger partial charge in [-0.05, 0) is 31.9 Å². The van der Waals surface area contributed by atoms with Gasteiger partial charge in [-0.3, -0.25) is 9.59 Å². The van der Waals surface area contributed by atoms with Crippen LogP contribution in [0.1, 0.15) is 30.1 Å². The molecule has 2 heterocycles. The van der Waals surface area contributed by atoms with Gasteiger partial charge in [0.1, 0.15) is 18.1 Å². The van der Waals surface area contributed by atoms with Crippen LogP contribution in [0.4, 0.5) is 0 Å². The second-order valence-corrected chi connectivity index (χ2v) is 5.30. The predicted octanol–water partition coefficient (Wildman–Crippen LogP) is 1.89. The normalized spacial score (nSPS) is 25.9. The topological polar surface area (TPSA) is 46.6 Å². The lowest BCUT2D eigenvalue weighted by atomic mass is 9.90. The highest BCUT2D eigenvalue weighted by Gasteiger charge is 2.36. The van der Waals surface area contributed by atoms with Crippen LogP contribution in [-0.4, -0.2) is 35.8 Å². The summed E-state index contributed by atoms with van der Waals surface area (Å²) in [5.74, 6) is 0.792. The number of nitrogens with zero attached hydrogens (tertiary/aromatic N) is 1. The summed E-state index contributed by atoms with van der Waals surface area (Å²) in [7, 11) is 0. The summed E-state index contributed by atoms with van der Waals surface area (Å²) >= 11 is 0. The molecule has 0 saturated carbocycles. The highest BCUT2D eigenvalue weighted by molar-refractivity contribution is 5.97. The molecule has 4 nitrogen and oxygen atoms in total. The molecule has 19 heavy (non-hydrogen) atoms. The number of piperidine rings is 1. The molecule has 100 valence electrons. The number of Topliss-reactive ketones (excluding diaryl/α,β-unsaturated/α-hetero) is 1. The van der Waals surface area contributed by atoms with Crippen molar-refractivity contribution in [3.63, 3.8) is 0 Å². The first-order chi connectivity index (χ1) is 9.16. The molecule has 2 aliphatic heterocycles. The smallest absolute Gasteiger partial charge is 0.258 e. The van der Waals surface area contributed by atoms with E-state index in [2.05, 4.69) is 0 Å². The first-order valence-corrected chi connectivity index (χ1v) is 6.70. The first-order valence-electron chi connectivity index (χ1n) is 6.70. The first kappa shape index (κ1) is 12.2. The molecule has 0 N–H and O–H groups in total. The Morgan fingerprint density at radius 3 is 2.89 bits per heavy atom. The van der Waals surface area contributed by atoms with Crippen molar-refractivity contribution in [2.45, 2.75) is 25.8 Å². The summed E-state index contributed by atoms with van der Waals surface area (Å²) in [6, 6.07) is 7.42. The van der Waals surface area contributed by atoms with E-state index < -0.39 is 0 Å². The average Bonchev–Trinajstić information content (AvgIpc) is 2.57. The Balaban J connectivity index is 1.92. The van der Waals surface area contributed by atoms with Gasteiger partial charge in [0.2, 0.25) is 0 Å². The fourth-order valence-electron chi connectivity index (χ4n) is 2.89. The number of fused-ring (bicyclic) bond motifs is 2. The molecule has 1 fully saturated rings. The van der Waals surface area contributed by atoms with Gasteiger partial charge in [-0.1, -0.05) is 12.1 Å². The molecule has 1 amide bonds. The van der Waals surface area contributed by atoms with Gasteiger partial charge in [0.05, 0.1) is 11.6 Å². The van der Waals surface area contributed by atoms with Crippen LogP contribution in [0, 0.1) is 5.92 Å². The van der Waals surface area contributed by atoms with Crippen molar-refractivity contribution < 1.29 is 14.3 Å². The number of hydrogen-bond donors (Lipinski definition) is 0. The lowest BCUT2D eigenvalue weighted by molar-refractivity contribution is -0.122. The van der Waals surface area contributed by atoms with E-state index in [1.54, 1.807) is 13.0 Å². The number of para-hydroxylation sites is 1. The number of carbonyl (C=O) groups is 2. The van der Waals surface area contributed by atoms with Crippen molar-refractivity contribution in [2.75, 3.05) is 13.2 Å². The van der Waals surface area contributed by atoms with Crippen molar-refractivity contribution in [1.29, 1.82) is 0 Å². The van der Waals surface area contributed by atoms with Crippen LogP contribution in [0.15, 0.2) is 24.3 Å². The zero-order valence-electron chi connectivity index (χ0n) is 11.0. The number of ether oxygens (including phenoxy) is 1. The third-order valence-electron chi connectivity index (χ3n) is 4.09. The van der Waals surface area contributed by atoms with Gasteiger partial charge in [0, 0.05) is 12.5 Å². The number of amides is 1. The molecule has 1 aromatic carbocycles. The van der Waals surface area contributed by atoms with E-state index in [4.69, 9.17) is 4.74 Å².